The zero-order chi connectivity index (χ0) is 10.7. The lowest BCUT2D eigenvalue weighted by molar-refractivity contribution is 0.139. The van der Waals surface area contributed by atoms with Gasteiger partial charge in [0.15, 0.2) is 0 Å². The number of benzene rings is 1. The van der Waals surface area contributed by atoms with Gasteiger partial charge in [-0.1, -0.05) is 6.92 Å². The molecule has 0 saturated carbocycles. The van der Waals surface area contributed by atoms with E-state index >= 15 is 0 Å². The van der Waals surface area contributed by atoms with Gasteiger partial charge in [-0.15, -0.1) is 12.4 Å². The number of phenolic OH excluding ortho intramolecular Hbond substituents is 2. The second kappa shape index (κ2) is 5.80. The van der Waals surface area contributed by atoms with Crippen LogP contribution in [0, 0.1) is 0 Å². The molecule has 0 radical (unpaired) electrons. The number of nitrogens with two attached hydrogens (primary N) is 1. The summed E-state index contributed by atoms with van der Waals surface area (Å²) in [6.07, 6.45) is -0.223. The van der Waals surface area contributed by atoms with Crippen LogP contribution in [0.3, 0.4) is 0 Å². The highest BCUT2D eigenvalue weighted by Crippen LogP contribution is 2.28. The van der Waals surface area contributed by atoms with Crippen LogP contribution in [0.25, 0.3) is 0 Å². The van der Waals surface area contributed by atoms with Crippen molar-refractivity contribution in [2.45, 2.75) is 25.5 Å². The van der Waals surface area contributed by atoms with Gasteiger partial charge in [0.25, 0.3) is 0 Å². The molecule has 0 spiro atoms. The van der Waals surface area contributed by atoms with Crippen molar-refractivity contribution >= 4 is 12.4 Å². The van der Waals surface area contributed by atoms with Crippen molar-refractivity contribution in [1.82, 2.24) is 0 Å². The fourth-order valence-corrected chi connectivity index (χ4v) is 1.27. The molecule has 0 aliphatic carbocycles. The first-order valence-corrected chi connectivity index (χ1v) is 4.51. The van der Waals surface area contributed by atoms with Gasteiger partial charge in [-0.2, -0.15) is 0 Å². The monoisotopic (exact) mass is 233 g/mol. The van der Waals surface area contributed by atoms with Gasteiger partial charge in [0.2, 0.25) is 0 Å². The third kappa shape index (κ3) is 3.27. The lowest BCUT2D eigenvalue weighted by Crippen LogP contribution is -2.25. The number of aromatic hydroxyl groups is 2. The summed E-state index contributed by atoms with van der Waals surface area (Å²) in [5, 5.41) is 28.1. The van der Waals surface area contributed by atoms with E-state index in [0.717, 1.165) is 0 Å². The number of aliphatic hydroxyl groups is 1. The van der Waals surface area contributed by atoms with Gasteiger partial charge in [-0.05, 0) is 24.6 Å². The zero-order valence-corrected chi connectivity index (χ0v) is 9.24. The Morgan fingerprint density at radius 2 is 1.93 bits per heavy atom. The van der Waals surface area contributed by atoms with E-state index in [1.165, 1.54) is 18.2 Å². The molecule has 5 N–H and O–H groups in total. The standard InChI is InChI=1S/C10H15NO3.ClH/c1-2-8(13)10(11)7-5-6(12)3-4-9(7)14;/h3-5,8,10,12-14H,2,11H2,1H3;1H/t8-,10+;/m1./s1. The molecule has 0 amide bonds. The zero-order valence-electron chi connectivity index (χ0n) is 8.42. The predicted octanol–water partition coefficient (Wildman–Crippen LogP) is 1.29. The molecule has 2 atom stereocenters. The third-order valence-corrected chi connectivity index (χ3v) is 2.20. The minimum atomic E-state index is -0.720. The lowest BCUT2D eigenvalue weighted by Gasteiger charge is -2.18. The van der Waals surface area contributed by atoms with E-state index in [1.54, 1.807) is 6.92 Å². The predicted molar refractivity (Wildman–Crippen MR) is 60.2 cm³/mol. The third-order valence-electron chi connectivity index (χ3n) is 2.20. The quantitative estimate of drug-likeness (QED) is 0.593. The van der Waals surface area contributed by atoms with E-state index in [4.69, 9.17) is 5.73 Å². The van der Waals surface area contributed by atoms with Crippen LogP contribution in [0.4, 0.5) is 0 Å². The molecule has 4 nitrogen and oxygen atoms in total. The Balaban J connectivity index is 0.00000196. The van der Waals surface area contributed by atoms with Crippen LogP contribution in [0.2, 0.25) is 0 Å². The van der Waals surface area contributed by atoms with Crippen LogP contribution < -0.4 is 5.73 Å². The summed E-state index contributed by atoms with van der Waals surface area (Å²) < 4.78 is 0. The highest BCUT2D eigenvalue weighted by atomic mass is 35.5. The Hall–Kier alpha value is -0.970. The summed E-state index contributed by atoms with van der Waals surface area (Å²) in [6, 6.07) is 3.41. The van der Waals surface area contributed by atoms with Gasteiger partial charge >= 0.3 is 0 Å². The Kier molecular flexibility index (Phi) is 5.43. The number of hydrogen-bond acceptors (Lipinski definition) is 4. The molecule has 0 aliphatic rings. The average molecular weight is 234 g/mol. The molecule has 0 saturated heterocycles. The van der Waals surface area contributed by atoms with Crippen LogP contribution >= 0.6 is 12.4 Å². The topological polar surface area (TPSA) is 86.7 Å². The van der Waals surface area contributed by atoms with Gasteiger partial charge in [-0.25, -0.2) is 0 Å². The number of aliphatic hydroxyl groups excluding tert-OH is 1. The van der Waals surface area contributed by atoms with Crippen molar-refractivity contribution < 1.29 is 15.3 Å². The number of rotatable bonds is 3. The van der Waals surface area contributed by atoms with Crippen LogP contribution in [0.5, 0.6) is 11.5 Å². The van der Waals surface area contributed by atoms with Crippen molar-refractivity contribution in [3.8, 4) is 11.5 Å². The van der Waals surface area contributed by atoms with Gasteiger partial charge < -0.3 is 21.1 Å². The highest BCUT2D eigenvalue weighted by Gasteiger charge is 2.18. The van der Waals surface area contributed by atoms with E-state index in [1.807, 2.05) is 0 Å². The van der Waals surface area contributed by atoms with E-state index in [2.05, 4.69) is 0 Å². The minimum Gasteiger partial charge on any atom is -0.508 e. The van der Waals surface area contributed by atoms with Gasteiger partial charge in [0, 0.05) is 5.56 Å². The second-order valence-electron chi connectivity index (χ2n) is 3.24. The molecular weight excluding hydrogens is 218 g/mol. The molecule has 5 heteroatoms. The molecule has 86 valence electrons. The number of halogens is 1. The molecule has 0 bridgehead atoms. The molecule has 1 aromatic rings. The Labute approximate surface area is 94.8 Å². The first-order valence-electron chi connectivity index (χ1n) is 4.51. The lowest BCUT2D eigenvalue weighted by atomic mass is 9.99. The number of hydrogen-bond donors (Lipinski definition) is 4. The van der Waals surface area contributed by atoms with Crippen molar-refractivity contribution in [2.24, 2.45) is 5.73 Å². The van der Waals surface area contributed by atoms with Crippen LogP contribution in [-0.4, -0.2) is 21.4 Å². The molecule has 15 heavy (non-hydrogen) atoms. The molecule has 0 aromatic heterocycles. The van der Waals surface area contributed by atoms with Crippen LogP contribution in [-0.2, 0) is 0 Å². The van der Waals surface area contributed by atoms with Crippen molar-refractivity contribution in [3.05, 3.63) is 23.8 Å². The maximum Gasteiger partial charge on any atom is 0.120 e. The molecule has 0 heterocycles. The Morgan fingerprint density at radius 3 is 2.47 bits per heavy atom. The molecular formula is C10H16ClNO3. The van der Waals surface area contributed by atoms with E-state index in [-0.39, 0.29) is 23.9 Å². The molecule has 0 fully saturated rings. The summed E-state index contributed by atoms with van der Waals surface area (Å²) in [4.78, 5) is 0. The maximum absolute atomic E-state index is 9.48. The van der Waals surface area contributed by atoms with Crippen LogP contribution in [0.1, 0.15) is 24.9 Å². The SMILES string of the molecule is CC[C@@H](O)[C@@H](N)c1cc(O)ccc1O.Cl. The Bertz CT molecular complexity index is 320. The largest absolute Gasteiger partial charge is 0.508 e. The van der Waals surface area contributed by atoms with E-state index < -0.39 is 12.1 Å². The summed E-state index contributed by atoms with van der Waals surface area (Å²) in [6.45, 7) is 1.80. The highest BCUT2D eigenvalue weighted by molar-refractivity contribution is 5.85. The first kappa shape index (κ1) is 14.0. The Morgan fingerprint density at radius 1 is 1.33 bits per heavy atom. The fraction of sp³-hybridized carbons (Fsp3) is 0.400. The van der Waals surface area contributed by atoms with Crippen molar-refractivity contribution in [2.75, 3.05) is 0 Å². The summed E-state index contributed by atoms with van der Waals surface area (Å²) in [7, 11) is 0. The van der Waals surface area contributed by atoms with E-state index in [9.17, 15) is 15.3 Å². The number of phenols is 2. The molecule has 0 aliphatic heterocycles. The summed E-state index contributed by atoms with van der Waals surface area (Å²) in [5.74, 6) is 0.0133. The average Bonchev–Trinajstić information content (AvgIpc) is 2.19. The first-order chi connectivity index (χ1) is 6.56. The summed E-state index contributed by atoms with van der Waals surface area (Å²) in [5.41, 5.74) is 6.06. The summed E-state index contributed by atoms with van der Waals surface area (Å²) >= 11 is 0. The smallest absolute Gasteiger partial charge is 0.120 e. The molecule has 0 unspecified atom stereocenters. The van der Waals surface area contributed by atoms with Crippen molar-refractivity contribution in [1.29, 1.82) is 0 Å². The van der Waals surface area contributed by atoms with Gasteiger partial charge in [-0.3, -0.25) is 0 Å². The molecule has 1 aromatic carbocycles. The molecule has 1 rings (SSSR count). The normalized spacial score (nSPS) is 14.1. The maximum atomic E-state index is 9.48. The fourth-order valence-electron chi connectivity index (χ4n) is 1.27. The van der Waals surface area contributed by atoms with Gasteiger partial charge in [0.1, 0.15) is 11.5 Å². The van der Waals surface area contributed by atoms with Crippen molar-refractivity contribution in [3.63, 3.8) is 0 Å². The minimum absolute atomic E-state index is 0. The van der Waals surface area contributed by atoms with E-state index in [0.29, 0.717) is 12.0 Å². The second-order valence-corrected chi connectivity index (χ2v) is 3.24. The van der Waals surface area contributed by atoms with Crippen LogP contribution in [0.15, 0.2) is 18.2 Å². The van der Waals surface area contributed by atoms with Gasteiger partial charge in [0.05, 0.1) is 12.1 Å².